The van der Waals surface area contributed by atoms with Gasteiger partial charge in [-0.05, 0) is 37.7 Å². The van der Waals surface area contributed by atoms with Gasteiger partial charge in [-0.2, -0.15) is 11.8 Å². The standard InChI is InChI=1S/C9H19NOS/c1-3-11-9(2,7-10)8-4-5-12-6-8/h8H,3-7,10H2,1-2H3. The van der Waals surface area contributed by atoms with E-state index >= 15 is 0 Å². The predicted octanol–water partition coefficient (Wildman–Crippen LogP) is 1.49. The molecule has 0 spiro atoms. The normalized spacial score (nSPS) is 28.8. The van der Waals surface area contributed by atoms with Crippen molar-refractivity contribution in [1.29, 1.82) is 0 Å². The minimum Gasteiger partial charge on any atom is -0.374 e. The molecule has 0 aromatic carbocycles. The molecule has 1 heterocycles. The Morgan fingerprint density at radius 3 is 2.83 bits per heavy atom. The van der Waals surface area contributed by atoms with Crippen molar-refractivity contribution in [2.24, 2.45) is 11.7 Å². The van der Waals surface area contributed by atoms with Gasteiger partial charge in [0, 0.05) is 13.2 Å². The quantitative estimate of drug-likeness (QED) is 0.728. The van der Waals surface area contributed by atoms with Gasteiger partial charge < -0.3 is 10.5 Å². The van der Waals surface area contributed by atoms with Gasteiger partial charge in [0.15, 0.2) is 0 Å². The van der Waals surface area contributed by atoms with E-state index in [4.69, 9.17) is 10.5 Å². The summed E-state index contributed by atoms with van der Waals surface area (Å²) in [6, 6.07) is 0. The SMILES string of the molecule is CCOC(C)(CN)C1CCSC1. The molecule has 0 bridgehead atoms. The maximum atomic E-state index is 5.74. The summed E-state index contributed by atoms with van der Waals surface area (Å²) in [5, 5.41) is 0. The predicted molar refractivity (Wildman–Crippen MR) is 54.5 cm³/mol. The van der Waals surface area contributed by atoms with Crippen LogP contribution in [0, 0.1) is 5.92 Å². The third-order valence-electron chi connectivity index (χ3n) is 2.67. The lowest BCUT2D eigenvalue weighted by molar-refractivity contribution is -0.0540. The van der Waals surface area contributed by atoms with Crippen molar-refractivity contribution in [3.8, 4) is 0 Å². The monoisotopic (exact) mass is 189 g/mol. The molecule has 0 aromatic heterocycles. The summed E-state index contributed by atoms with van der Waals surface area (Å²) in [5.74, 6) is 3.15. The second-order valence-electron chi connectivity index (χ2n) is 3.51. The number of ether oxygens (including phenoxy) is 1. The smallest absolute Gasteiger partial charge is 0.0812 e. The van der Waals surface area contributed by atoms with Crippen molar-refractivity contribution < 1.29 is 4.74 Å². The van der Waals surface area contributed by atoms with Gasteiger partial charge in [-0.1, -0.05) is 0 Å². The van der Waals surface area contributed by atoms with Crippen LogP contribution in [0.5, 0.6) is 0 Å². The summed E-state index contributed by atoms with van der Waals surface area (Å²) in [6.45, 7) is 5.60. The Bertz CT molecular complexity index is 136. The zero-order valence-corrected chi connectivity index (χ0v) is 8.82. The van der Waals surface area contributed by atoms with Crippen molar-refractivity contribution >= 4 is 11.8 Å². The minimum atomic E-state index is -0.0712. The van der Waals surface area contributed by atoms with Crippen LogP contribution in [0.3, 0.4) is 0 Å². The van der Waals surface area contributed by atoms with Crippen LogP contribution in [0.4, 0.5) is 0 Å². The second-order valence-corrected chi connectivity index (χ2v) is 4.66. The van der Waals surface area contributed by atoms with Crippen molar-refractivity contribution in [1.82, 2.24) is 0 Å². The zero-order valence-electron chi connectivity index (χ0n) is 8.01. The highest BCUT2D eigenvalue weighted by Crippen LogP contribution is 2.33. The van der Waals surface area contributed by atoms with Crippen LogP contribution in [0.2, 0.25) is 0 Å². The van der Waals surface area contributed by atoms with Gasteiger partial charge in [-0.15, -0.1) is 0 Å². The van der Waals surface area contributed by atoms with E-state index in [1.165, 1.54) is 17.9 Å². The molecule has 0 aliphatic carbocycles. The molecule has 0 saturated carbocycles. The molecule has 1 saturated heterocycles. The Kier molecular flexibility index (Phi) is 3.87. The first kappa shape index (κ1) is 10.4. The molecule has 2 N–H and O–H groups in total. The number of hydrogen-bond acceptors (Lipinski definition) is 3. The van der Waals surface area contributed by atoms with E-state index in [0.717, 1.165) is 6.61 Å². The molecule has 1 aliphatic rings. The van der Waals surface area contributed by atoms with E-state index in [1.807, 2.05) is 18.7 Å². The maximum absolute atomic E-state index is 5.74. The summed E-state index contributed by atoms with van der Waals surface area (Å²) in [7, 11) is 0. The highest BCUT2D eigenvalue weighted by Gasteiger charge is 2.35. The molecular formula is C9H19NOS. The Labute approximate surface area is 79.2 Å². The van der Waals surface area contributed by atoms with Gasteiger partial charge in [0.25, 0.3) is 0 Å². The third kappa shape index (κ3) is 2.15. The molecule has 2 atom stereocenters. The van der Waals surface area contributed by atoms with Gasteiger partial charge in [-0.25, -0.2) is 0 Å². The second kappa shape index (κ2) is 4.49. The van der Waals surface area contributed by atoms with Crippen LogP contribution in [0.25, 0.3) is 0 Å². The Hall–Kier alpha value is 0.270. The molecule has 12 heavy (non-hydrogen) atoms. The van der Waals surface area contributed by atoms with Crippen molar-refractivity contribution in [3.05, 3.63) is 0 Å². The first-order chi connectivity index (χ1) is 5.73. The lowest BCUT2D eigenvalue weighted by Crippen LogP contribution is -2.45. The first-order valence-electron chi connectivity index (χ1n) is 4.64. The highest BCUT2D eigenvalue weighted by molar-refractivity contribution is 7.99. The van der Waals surface area contributed by atoms with E-state index in [0.29, 0.717) is 12.5 Å². The van der Waals surface area contributed by atoms with Gasteiger partial charge >= 0.3 is 0 Å². The van der Waals surface area contributed by atoms with E-state index in [1.54, 1.807) is 0 Å². The number of nitrogens with two attached hydrogens (primary N) is 1. The molecule has 3 heteroatoms. The number of thioether (sulfide) groups is 1. The largest absolute Gasteiger partial charge is 0.374 e. The van der Waals surface area contributed by atoms with Gasteiger partial charge in [-0.3, -0.25) is 0 Å². The van der Waals surface area contributed by atoms with Gasteiger partial charge in [0.2, 0.25) is 0 Å². The maximum Gasteiger partial charge on any atom is 0.0812 e. The van der Waals surface area contributed by atoms with Crippen molar-refractivity contribution in [3.63, 3.8) is 0 Å². The van der Waals surface area contributed by atoms with E-state index in [9.17, 15) is 0 Å². The zero-order chi connectivity index (χ0) is 9.03. The Morgan fingerprint density at radius 2 is 2.42 bits per heavy atom. The number of hydrogen-bond donors (Lipinski definition) is 1. The van der Waals surface area contributed by atoms with E-state index in [2.05, 4.69) is 6.92 Å². The lowest BCUT2D eigenvalue weighted by atomic mass is 9.88. The fraction of sp³-hybridized carbons (Fsp3) is 1.00. The fourth-order valence-electron chi connectivity index (χ4n) is 1.69. The Morgan fingerprint density at radius 1 is 1.67 bits per heavy atom. The van der Waals surface area contributed by atoms with E-state index < -0.39 is 0 Å². The fourth-order valence-corrected chi connectivity index (χ4v) is 3.11. The average molecular weight is 189 g/mol. The first-order valence-corrected chi connectivity index (χ1v) is 5.80. The molecule has 72 valence electrons. The van der Waals surface area contributed by atoms with Crippen LogP contribution in [0.1, 0.15) is 20.3 Å². The Balaban J connectivity index is 2.51. The molecule has 2 unspecified atom stereocenters. The summed E-state index contributed by atoms with van der Waals surface area (Å²) in [6.07, 6.45) is 1.26. The van der Waals surface area contributed by atoms with Crippen LogP contribution in [-0.2, 0) is 4.74 Å². The van der Waals surface area contributed by atoms with E-state index in [-0.39, 0.29) is 5.60 Å². The molecule has 0 radical (unpaired) electrons. The molecule has 1 aliphatic heterocycles. The molecule has 1 fully saturated rings. The average Bonchev–Trinajstić information content (AvgIpc) is 2.57. The van der Waals surface area contributed by atoms with Crippen LogP contribution >= 0.6 is 11.8 Å². The molecular weight excluding hydrogens is 170 g/mol. The lowest BCUT2D eigenvalue weighted by Gasteiger charge is -2.33. The molecule has 1 rings (SSSR count). The summed E-state index contributed by atoms with van der Waals surface area (Å²) in [5.41, 5.74) is 5.67. The van der Waals surface area contributed by atoms with Crippen LogP contribution < -0.4 is 5.73 Å². The summed E-state index contributed by atoms with van der Waals surface area (Å²) < 4.78 is 5.72. The molecule has 0 amide bonds. The molecule has 2 nitrogen and oxygen atoms in total. The summed E-state index contributed by atoms with van der Waals surface area (Å²) in [4.78, 5) is 0. The van der Waals surface area contributed by atoms with Crippen molar-refractivity contribution in [2.45, 2.75) is 25.9 Å². The van der Waals surface area contributed by atoms with Crippen LogP contribution in [-0.4, -0.2) is 30.3 Å². The number of rotatable bonds is 4. The topological polar surface area (TPSA) is 35.2 Å². The third-order valence-corrected chi connectivity index (χ3v) is 3.84. The minimum absolute atomic E-state index is 0.0712. The van der Waals surface area contributed by atoms with Gasteiger partial charge in [0.05, 0.1) is 5.60 Å². The molecule has 0 aromatic rings. The summed E-state index contributed by atoms with van der Waals surface area (Å²) >= 11 is 2.01. The van der Waals surface area contributed by atoms with Crippen LogP contribution in [0.15, 0.2) is 0 Å². The van der Waals surface area contributed by atoms with Crippen molar-refractivity contribution in [2.75, 3.05) is 24.7 Å². The van der Waals surface area contributed by atoms with Gasteiger partial charge in [0.1, 0.15) is 0 Å². The highest BCUT2D eigenvalue weighted by atomic mass is 32.2.